The summed E-state index contributed by atoms with van der Waals surface area (Å²) in [7, 11) is 0. The van der Waals surface area contributed by atoms with Gasteiger partial charge >= 0.3 is 0 Å². The van der Waals surface area contributed by atoms with E-state index in [9.17, 15) is 0 Å². The first-order chi connectivity index (χ1) is 5.22. The molecule has 0 aliphatic heterocycles. The maximum atomic E-state index is 8.65. The molecule has 4 heteroatoms. The minimum Gasteiger partial charge on any atom is -0.395 e. The highest BCUT2D eigenvalue weighted by molar-refractivity contribution is 7.16. The van der Waals surface area contributed by atoms with E-state index in [-0.39, 0.29) is 12.6 Å². The van der Waals surface area contributed by atoms with Crippen LogP contribution in [0, 0.1) is 0 Å². The van der Waals surface area contributed by atoms with Gasteiger partial charge < -0.3 is 10.8 Å². The van der Waals surface area contributed by atoms with Gasteiger partial charge in [0.1, 0.15) is 0 Å². The van der Waals surface area contributed by atoms with Crippen molar-refractivity contribution in [3.63, 3.8) is 0 Å². The Morgan fingerprint density at radius 1 is 1.64 bits per heavy atom. The molecule has 3 N–H and O–H groups in total. The Bertz CT molecular complexity index is 226. The highest BCUT2D eigenvalue weighted by Gasteiger charge is 2.03. The van der Waals surface area contributed by atoms with Crippen molar-refractivity contribution in [2.75, 3.05) is 6.61 Å². The number of thiophene rings is 1. The number of hydrogen-bond acceptors (Lipinski definition) is 3. The molecule has 1 unspecified atom stereocenters. The van der Waals surface area contributed by atoms with Crippen LogP contribution in [0.3, 0.4) is 0 Å². The summed E-state index contributed by atoms with van der Waals surface area (Å²) in [6.07, 6.45) is 0.702. The van der Waals surface area contributed by atoms with Crippen LogP contribution in [0.25, 0.3) is 0 Å². The Morgan fingerprint density at radius 3 is 2.82 bits per heavy atom. The fourth-order valence-corrected chi connectivity index (χ4v) is 1.96. The zero-order valence-electron chi connectivity index (χ0n) is 5.96. The summed E-state index contributed by atoms with van der Waals surface area (Å²) in [4.78, 5) is 1.12. The molecule has 0 saturated carbocycles. The molecule has 0 aliphatic rings. The molecule has 0 spiro atoms. The van der Waals surface area contributed by atoms with E-state index in [0.29, 0.717) is 6.42 Å². The van der Waals surface area contributed by atoms with Gasteiger partial charge in [0.25, 0.3) is 0 Å². The first-order valence-electron chi connectivity index (χ1n) is 3.33. The summed E-state index contributed by atoms with van der Waals surface area (Å²) in [5.41, 5.74) is 5.53. The summed E-state index contributed by atoms with van der Waals surface area (Å²) in [5, 5.41) is 8.65. The molecule has 0 saturated heterocycles. The molecule has 0 aromatic carbocycles. The maximum Gasteiger partial charge on any atom is 0.0931 e. The molecule has 1 heterocycles. The lowest BCUT2D eigenvalue weighted by atomic mass is 10.2. The van der Waals surface area contributed by atoms with Gasteiger partial charge in [0.2, 0.25) is 0 Å². The van der Waals surface area contributed by atoms with E-state index in [0.717, 1.165) is 9.21 Å². The van der Waals surface area contributed by atoms with Gasteiger partial charge in [0, 0.05) is 10.9 Å². The lowest BCUT2D eigenvalue weighted by molar-refractivity contribution is 0.266. The van der Waals surface area contributed by atoms with Crippen molar-refractivity contribution >= 4 is 22.9 Å². The van der Waals surface area contributed by atoms with Crippen LogP contribution in [0.5, 0.6) is 0 Å². The van der Waals surface area contributed by atoms with E-state index in [1.807, 2.05) is 12.1 Å². The van der Waals surface area contributed by atoms with Gasteiger partial charge in [0.05, 0.1) is 10.9 Å². The first kappa shape index (κ1) is 9.00. The molecule has 1 aromatic rings. The largest absolute Gasteiger partial charge is 0.395 e. The molecule has 11 heavy (non-hydrogen) atoms. The molecule has 0 radical (unpaired) electrons. The van der Waals surface area contributed by atoms with Crippen molar-refractivity contribution in [2.45, 2.75) is 12.5 Å². The average Bonchev–Trinajstić information content (AvgIpc) is 2.35. The van der Waals surface area contributed by atoms with Crippen molar-refractivity contribution in [1.29, 1.82) is 0 Å². The van der Waals surface area contributed by atoms with Crippen LogP contribution >= 0.6 is 22.9 Å². The Kier molecular flexibility index (Phi) is 3.33. The Balaban J connectivity index is 2.50. The number of halogens is 1. The molecule has 0 fully saturated rings. The van der Waals surface area contributed by atoms with Crippen molar-refractivity contribution in [3.05, 3.63) is 21.3 Å². The molecular weight excluding hydrogens is 182 g/mol. The fourth-order valence-electron chi connectivity index (χ4n) is 0.784. The van der Waals surface area contributed by atoms with Crippen molar-refractivity contribution in [1.82, 2.24) is 0 Å². The SMILES string of the molecule is NC(CO)Cc1ccc(Cl)s1. The molecule has 0 bridgehead atoms. The zero-order valence-corrected chi connectivity index (χ0v) is 7.53. The summed E-state index contributed by atoms with van der Waals surface area (Å²) in [6.45, 7) is 0.0233. The van der Waals surface area contributed by atoms with Crippen LogP contribution in [0.2, 0.25) is 4.34 Å². The highest BCUT2D eigenvalue weighted by atomic mass is 35.5. The minimum atomic E-state index is -0.162. The Hall–Kier alpha value is -0.0900. The van der Waals surface area contributed by atoms with Gasteiger partial charge in [-0.15, -0.1) is 11.3 Å². The number of hydrogen-bond donors (Lipinski definition) is 2. The van der Waals surface area contributed by atoms with E-state index < -0.39 is 0 Å². The first-order valence-corrected chi connectivity index (χ1v) is 4.52. The summed E-state index contributed by atoms with van der Waals surface area (Å²) < 4.78 is 0.769. The third-order valence-electron chi connectivity index (χ3n) is 1.33. The van der Waals surface area contributed by atoms with E-state index in [1.54, 1.807) is 0 Å². The third kappa shape index (κ3) is 2.79. The molecule has 62 valence electrons. The second kappa shape index (κ2) is 4.07. The van der Waals surface area contributed by atoms with Gasteiger partial charge in [-0.25, -0.2) is 0 Å². The van der Waals surface area contributed by atoms with Gasteiger partial charge in [-0.1, -0.05) is 11.6 Å². The van der Waals surface area contributed by atoms with Crippen LogP contribution in [0.4, 0.5) is 0 Å². The Morgan fingerprint density at radius 2 is 2.36 bits per heavy atom. The van der Waals surface area contributed by atoms with Crippen LogP contribution in [-0.4, -0.2) is 17.8 Å². The van der Waals surface area contributed by atoms with E-state index in [4.69, 9.17) is 22.4 Å². The molecular formula is C7H10ClNOS. The van der Waals surface area contributed by atoms with E-state index >= 15 is 0 Å². The quantitative estimate of drug-likeness (QED) is 0.756. The van der Waals surface area contributed by atoms with Crippen molar-refractivity contribution in [3.8, 4) is 0 Å². The molecule has 1 aromatic heterocycles. The third-order valence-corrected chi connectivity index (χ3v) is 2.58. The van der Waals surface area contributed by atoms with Crippen LogP contribution in [0.1, 0.15) is 4.88 Å². The normalized spacial score (nSPS) is 13.4. The zero-order chi connectivity index (χ0) is 8.27. The molecule has 2 nitrogen and oxygen atoms in total. The molecule has 1 rings (SSSR count). The van der Waals surface area contributed by atoms with Gasteiger partial charge in [-0.2, -0.15) is 0 Å². The van der Waals surface area contributed by atoms with Crippen LogP contribution in [0.15, 0.2) is 12.1 Å². The lowest BCUT2D eigenvalue weighted by Gasteiger charge is -2.03. The lowest BCUT2D eigenvalue weighted by Crippen LogP contribution is -2.26. The fraction of sp³-hybridized carbons (Fsp3) is 0.429. The second-order valence-corrected chi connectivity index (χ2v) is 4.15. The topological polar surface area (TPSA) is 46.2 Å². The number of nitrogens with two attached hydrogens (primary N) is 1. The monoisotopic (exact) mass is 191 g/mol. The predicted molar refractivity (Wildman–Crippen MR) is 48.1 cm³/mol. The number of rotatable bonds is 3. The van der Waals surface area contributed by atoms with Crippen LogP contribution < -0.4 is 5.73 Å². The van der Waals surface area contributed by atoms with Crippen molar-refractivity contribution < 1.29 is 5.11 Å². The van der Waals surface area contributed by atoms with Crippen LogP contribution in [-0.2, 0) is 6.42 Å². The van der Waals surface area contributed by atoms with Gasteiger partial charge in [0.15, 0.2) is 0 Å². The predicted octanol–water partition coefficient (Wildman–Crippen LogP) is 1.26. The van der Waals surface area contributed by atoms with Gasteiger partial charge in [-0.3, -0.25) is 0 Å². The minimum absolute atomic E-state index is 0.0233. The van der Waals surface area contributed by atoms with Crippen molar-refractivity contribution in [2.24, 2.45) is 5.73 Å². The number of aliphatic hydroxyl groups excluding tert-OH is 1. The Labute approximate surface area is 74.6 Å². The number of aliphatic hydroxyl groups is 1. The molecule has 0 amide bonds. The summed E-state index contributed by atoms with van der Waals surface area (Å²) >= 11 is 7.21. The molecule has 0 aliphatic carbocycles. The summed E-state index contributed by atoms with van der Waals surface area (Å²) in [6, 6.07) is 3.61. The average molecular weight is 192 g/mol. The molecule has 1 atom stereocenters. The second-order valence-electron chi connectivity index (χ2n) is 2.35. The standard InChI is InChI=1S/C7H10ClNOS/c8-7-2-1-6(11-7)3-5(9)4-10/h1-2,5,10H,3-4,9H2. The van der Waals surface area contributed by atoms with E-state index in [2.05, 4.69) is 0 Å². The summed E-state index contributed by atoms with van der Waals surface area (Å²) in [5.74, 6) is 0. The maximum absolute atomic E-state index is 8.65. The van der Waals surface area contributed by atoms with E-state index in [1.165, 1.54) is 11.3 Å². The highest BCUT2D eigenvalue weighted by Crippen LogP contribution is 2.21. The van der Waals surface area contributed by atoms with Gasteiger partial charge in [-0.05, 0) is 18.6 Å². The smallest absolute Gasteiger partial charge is 0.0931 e.